The van der Waals surface area contributed by atoms with Crippen LogP contribution in [0.15, 0.2) is 24.3 Å². The largest absolute Gasteiger partial charge is 0.356 e. The molecule has 19 heavy (non-hydrogen) atoms. The van der Waals surface area contributed by atoms with Crippen molar-refractivity contribution in [2.75, 3.05) is 13.1 Å². The predicted octanol–water partition coefficient (Wildman–Crippen LogP) is 2.63. The van der Waals surface area contributed by atoms with Gasteiger partial charge in [-0.2, -0.15) is 0 Å². The van der Waals surface area contributed by atoms with Gasteiger partial charge in [-0.3, -0.25) is 4.79 Å². The quantitative estimate of drug-likeness (QED) is 0.756. The van der Waals surface area contributed by atoms with Crippen LogP contribution in [-0.2, 0) is 11.2 Å². The molecule has 0 radical (unpaired) electrons. The van der Waals surface area contributed by atoms with Crippen molar-refractivity contribution < 1.29 is 4.79 Å². The molecule has 0 spiro atoms. The van der Waals surface area contributed by atoms with Crippen molar-refractivity contribution >= 4 is 18.3 Å². The Bertz CT molecular complexity index is 363. The van der Waals surface area contributed by atoms with Crippen LogP contribution in [0, 0.1) is 0 Å². The molecular weight excluding hydrogens is 260 g/mol. The number of hydrogen-bond donors (Lipinski definition) is 2. The Balaban J connectivity index is 0.00000324. The third-order valence-electron chi connectivity index (χ3n) is 2.98. The number of aryl methyl sites for hydroxylation is 1. The zero-order valence-electron chi connectivity index (χ0n) is 11.8. The highest BCUT2D eigenvalue weighted by Crippen LogP contribution is 2.15. The summed E-state index contributed by atoms with van der Waals surface area (Å²) in [5.74, 6) is 0.627. The van der Waals surface area contributed by atoms with Gasteiger partial charge in [0.1, 0.15) is 0 Å². The summed E-state index contributed by atoms with van der Waals surface area (Å²) in [5.41, 5.74) is 8.00. The van der Waals surface area contributed by atoms with Gasteiger partial charge in [0.2, 0.25) is 5.91 Å². The van der Waals surface area contributed by atoms with E-state index in [1.165, 1.54) is 11.1 Å². The molecular formula is C15H25ClN2O. The number of carbonyl (C=O) groups excluding carboxylic acids is 1. The van der Waals surface area contributed by atoms with Gasteiger partial charge in [0, 0.05) is 19.5 Å². The van der Waals surface area contributed by atoms with Crippen molar-refractivity contribution in [2.24, 2.45) is 5.73 Å². The average molecular weight is 285 g/mol. The van der Waals surface area contributed by atoms with Crippen LogP contribution in [-0.4, -0.2) is 19.0 Å². The van der Waals surface area contributed by atoms with Crippen molar-refractivity contribution in [1.29, 1.82) is 0 Å². The van der Waals surface area contributed by atoms with Crippen LogP contribution < -0.4 is 11.1 Å². The molecule has 3 N–H and O–H groups in total. The molecule has 1 amide bonds. The van der Waals surface area contributed by atoms with Gasteiger partial charge >= 0.3 is 0 Å². The first-order chi connectivity index (χ1) is 8.63. The van der Waals surface area contributed by atoms with Crippen LogP contribution >= 0.6 is 12.4 Å². The SMILES string of the molecule is CC(C)c1ccc(CCCNC(=O)CCN)cc1.Cl. The van der Waals surface area contributed by atoms with E-state index in [1.54, 1.807) is 0 Å². The van der Waals surface area contributed by atoms with Crippen molar-refractivity contribution in [3.63, 3.8) is 0 Å². The molecule has 0 unspecified atom stereocenters. The van der Waals surface area contributed by atoms with Crippen molar-refractivity contribution in [3.8, 4) is 0 Å². The minimum absolute atomic E-state index is 0. The predicted molar refractivity (Wildman–Crippen MR) is 82.8 cm³/mol. The Kier molecular flexibility index (Phi) is 9.27. The van der Waals surface area contributed by atoms with E-state index in [4.69, 9.17) is 5.73 Å². The number of nitrogens with one attached hydrogen (secondary N) is 1. The lowest BCUT2D eigenvalue weighted by molar-refractivity contribution is -0.120. The Morgan fingerprint density at radius 2 is 1.89 bits per heavy atom. The van der Waals surface area contributed by atoms with Crippen LogP contribution in [0.1, 0.15) is 43.7 Å². The fraction of sp³-hybridized carbons (Fsp3) is 0.533. The van der Waals surface area contributed by atoms with Gasteiger partial charge in [-0.15, -0.1) is 12.4 Å². The maximum Gasteiger partial charge on any atom is 0.221 e. The van der Waals surface area contributed by atoms with Gasteiger partial charge in [-0.25, -0.2) is 0 Å². The van der Waals surface area contributed by atoms with Gasteiger partial charge in [-0.1, -0.05) is 38.1 Å². The maximum absolute atomic E-state index is 11.2. The van der Waals surface area contributed by atoms with Crippen LogP contribution in [0.2, 0.25) is 0 Å². The minimum atomic E-state index is 0. The summed E-state index contributed by atoms with van der Waals surface area (Å²) in [6.45, 7) is 5.54. The number of halogens is 1. The Morgan fingerprint density at radius 1 is 1.26 bits per heavy atom. The summed E-state index contributed by atoms with van der Waals surface area (Å²) < 4.78 is 0. The van der Waals surface area contributed by atoms with Crippen molar-refractivity contribution in [1.82, 2.24) is 5.32 Å². The first kappa shape index (κ1) is 17.9. The summed E-state index contributed by atoms with van der Waals surface area (Å²) in [6.07, 6.45) is 2.39. The second-order valence-electron chi connectivity index (χ2n) is 4.89. The monoisotopic (exact) mass is 284 g/mol. The molecule has 0 bridgehead atoms. The van der Waals surface area contributed by atoms with E-state index in [0.717, 1.165) is 19.4 Å². The molecule has 0 saturated heterocycles. The van der Waals surface area contributed by atoms with E-state index in [0.29, 0.717) is 18.9 Å². The van der Waals surface area contributed by atoms with E-state index in [-0.39, 0.29) is 18.3 Å². The fourth-order valence-corrected chi connectivity index (χ4v) is 1.81. The van der Waals surface area contributed by atoms with Gasteiger partial charge in [0.05, 0.1) is 0 Å². The number of rotatable bonds is 7. The van der Waals surface area contributed by atoms with Crippen LogP contribution in [0.3, 0.4) is 0 Å². The Hall–Kier alpha value is -1.06. The molecule has 0 aliphatic rings. The highest BCUT2D eigenvalue weighted by atomic mass is 35.5. The normalized spacial score (nSPS) is 10.1. The molecule has 0 aliphatic heterocycles. The first-order valence-electron chi connectivity index (χ1n) is 6.69. The Labute approximate surface area is 122 Å². The molecule has 1 aromatic rings. The Morgan fingerprint density at radius 3 is 2.42 bits per heavy atom. The summed E-state index contributed by atoms with van der Waals surface area (Å²) in [5, 5.41) is 2.86. The van der Waals surface area contributed by atoms with E-state index < -0.39 is 0 Å². The van der Waals surface area contributed by atoms with Crippen LogP contribution in [0.25, 0.3) is 0 Å². The van der Waals surface area contributed by atoms with E-state index in [1.807, 2.05) is 0 Å². The van der Waals surface area contributed by atoms with E-state index >= 15 is 0 Å². The van der Waals surface area contributed by atoms with Crippen molar-refractivity contribution in [3.05, 3.63) is 35.4 Å². The van der Waals surface area contributed by atoms with E-state index in [2.05, 4.69) is 43.4 Å². The third-order valence-corrected chi connectivity index (χ3v) is 2.98. The summed E-state index contributed by atoms with van der Waals surface area (Å²) in [7, 11) is 0. The highest BCUT2D eigenvalue weighted by Gasteiger charge is 2.00. The maximum atomic E-state index is 11.2. The molecule has 0 heterocycles. The molecule has 0 aliphatic carbocycles. The van der Waals surface area contributed by atoms with Crippen LogP contribution in [0.4, 0.5) is 0 Å². The first-order valence-corrected chi connectivity index (χ1v) is 6.69. The molecule has 3 nitrogen and oxygen atoms in total. The van der Waals surface area contributed by atoms with Crippen LogP contribution in [0.5, 0.6) is 0 Å². The lowest BCUT2D eigenvalue weighted by Crippen LogP contribution is -2.26. The fourth-order valence-electron chi connectivity index (χ4n) is 1.81. The highest BCUT2D eigenvalue weighted by molar-refractivity contribution is 5.85. The van der Waals surface area contributed by atoms with Crippen molar-refractivity contribution in [2.45, 2.75) is 39.0 Å². The van der Waals surface area contributed by atoms with E-state index in [9.17, 15) is 4.79 Å². The number of nitrogens with two attached hydrogens (primary N) is 1. The summed E-state index contributed by atoms with van der Waals surface area (Å²) in [6, 6.07) is 8.73. The molecule has 0 atom stereocenters. The standard InChI is InChI=1S/C15H24N2O.ClH/c1-12(2)14-7-5-13(6-8-14)4-3-11-17-15(18)9-10-16;/h5-8,12H,3-4,9-11,16H2,1-2H3,(H,17,18);1H. The number of benzene rings is 1. The molecule has 0 saturated carbocycles. The second-order valence-corrected chi connectivity index (χ2v) is 4.89. The zero-order chi connectivity index (χ0) is 13.4. The summed E-state index contributed by atoms with van der Waals surface area (Å²) >= 11 is 0. The zero-order valence-corrected chi connectivity index (χ0v) is 12.6. The lowest BCUT2D eigenvalue weighted by Gasteiger charge is -2.07. The third kappa shape index (κ3) is 7.19. The molecule has 1 aromatic carbocycles. The minimum Gasteiger partial charge on any atom is -0.356 e. The smallest absolute Gasteiger partial charge is 0.221 e. The van der Waals surface area contributed by atoms with Gasteiger partial charge in [0.15, 0.2) is 0 Å². The summed E-state index contributed by atoms with van der Waals surface area (Å²) in [4.78, 5) is 11.2. The lowest BCUT2D eigenvalue weighted by atomic mass is 10.0. The second kappa shape index (κ2) is 9.82. The van der Waals surface area contributed by atoms with Gasteiger partial charge in [-0.05, 0) is 29.9 Å². The molecule has 1 rings (SSSR count). The van der Waals surface area contributed by atoms with Gasteiger partial charge in [0.25, 0.3) is 0 Å². The number of hydrogen-bond acceptors (Lipinski definition) is 2. The average Bonchev–Trinajstić information content (AvgIpc) is 2.35. The van der Waals surface area contributed by atoms with Gasteiger partial charge < -0.3 is 11.1 Å². The molecule has 0 aromatic heterocycles. The molecule has 4 heteroatoms. The topological polar surface area (TPSA) is 55.1 Å². The molecule has 108 valence electrons. The molecule has 0 fully saturated rings. The number of carbonyl (C=O) groups is 1. The number of amides is 1.